The molecule has 1 aliphatic rings. The Hall–Kier alpha value is -0.660. The van der Waals surface area contributed by atoms with E-state index >= 15 is 0 Å². The van der Waals surface area contributed by atoms with Gasteiger partial charge in [-0.15, -0.1) is 0 Å². The maximum absolute atomic E-state index is 12.4. The molecule has 1 fully saturated rings. The molecule has 5 nitrogen and oxygen atoms in total. The van der Waals surface area contributed by atoms with E-state index in [1.807, 2.05) is 0 Å². The minimum absolute atomic E-state index is 0.0261. The molecule has 0 radical (unpaired) electrons. The van der Waals surface area contributed by atoms with Crippen molar-refractivity contribution in [3.05, 3.63) is 34.9 Å². The molecule has 1 atom stereocenters. The minimum Gasteiger partial charge on any atom is -0.379 e. The van der Waals surface area contributed by atoms with Gasteiger partial charge in [-0.3, -0.25) is 4.90 Å². The fourth-order valence-electron chi connectivity index (χ4n) is 2.92. The molecule has 0 spiro atoms. The molecule has 7 heteroatoms. The van der Waals surface area contributed by atoms with Crippen LogP contribution in [0.25, 0.3) is 0 Å². The average molecular weight is 375 g/mol. The summed E-state index contributed by atoms with van der Waals surface area (Å²) in [6.45, 7) is 7.91. The Morgan fingerprint density at radius 2 is 1.83 bits per heavy atom. The van der Waals surface area contributed by atoms with Gasteiger partial charge in [-0.2, -0.15) is 0 Å². The third-order valence-corrected chi connectivity index (χ3v) is 5.69. The van der Waals surface area contributed by atoms with Gasteiger partial charge in [0.05, 0.1) is 19.0 Å². The second-order valence-corrected chi connectivity index (χ2v) is 8.91. The molecule has 1 unspecified atom stereocenters. The fourth-order valence-corrected chi connectivity index (χ4v) is 4.23. The summed E-state index contributed by atoms with van der Waals surface area (Å²) in [5.74, 6) is 0.486. The number of sulfonamides is 1. The number of nitrogens with one attached hydrogen (secondary N) is 1. The smallest absolute Gasteiger partial charge is 0.215 e. The van der Waals surface area contributed by atoms with E-state index in [1.54, 1.807) is 24.3 Å². The van der Waals surface area contributed by atoms with Gasteiger partial charge >= 0.3 is 0 Å². The number of ether oxygens (including phenoxy) is 1. The van der Waals surface area contributed by atoms with Crippen LogP contribution in [0.2, 0.25) is 5.02 Å². The number of hydrogen-bond donors (Lipinski definition) is 1. The quantitative estimate of drug-likeness (QED) is 0.759. The van der Waals surface area contributed by atoms with Crippen molar-refractivity contribution in [3.8, 4) is 0 Å². The second kappa shape index (κ2) is 9.15. The maximum Gasteiger partial charge on any atom is 0.215 e. The number of morpholine rings is 1. The van der Waals surface area contributed by atoms with E-state index in [2.05, 4.69) is 23.5 Å². The molecule has 1 aliphatic heterocycles. The monoisotopic (exact) mass is 374 g/mol. The van der Waals surface area contributed by atoms with Gasteiger partial charge in [-0.25, -0.2) is 13.1 Å². The summed E-state index contributed by atoms with van der Waals surface area (Å²) in [4.78, 5) is 2.33. The van der Waals surface area contributed by atoms with Crippen LogP contribution in [0.3, 0.4) is 0 Å². The predicted molar refractivity (Wildman–Crippen MR) is 97.7 cm³/mol. The number of rotatable bonds is 8. The molecular weight excluding hydrogens is 348 g/mol. The van der Waals surface area contributed by atoms with Gasteiger partial charge in [0.2, 0.25) is 10.0 Å². The van der Waals surface area contributed by atoms with Crippen molar-refractivity contribution in [3.63, 3.8) is 0 Å². The largest absolute Gasteiger partial charge is 0.379 e. The Morgan fingerprint density at radius 3 is 2.42 bits per heavy atom. The molecule has 0 aromatic heterocycles. The highest BCUT2D eigenvalue weighted by molar-refractivity contribution is 7.88. The van der Waals surface area contributed by atoms with Crippen LogP contribution >= 0.6 is 11.6 Å². The maximum atomic E-state index is 12.4. The van der Waals surface area contributed by atoms with Crippen LogP contribution in [-0.4, -0.2) is 52.2 Å². The first-order valence-corrected chi connectivity index (χ1v) is 10.4. The molecule has 136 valence electrons. The number of benzene rings is 1. The SMILES string of the molecule is CC(C)CC(CNS(=O)(=O)Cc1ccc(Cl)cc1)N1CCOCC1. The molecule has 1 aromatic carbocycles. The van der Waals surface area contributed by atoms with Gasteiger partial charge in [0.1, 0.15) is 0 Å². The zero-order chi connectivity index (χ0) is 17.6. The van der Waals surface area contributed by atoms with E-state index in [4.69, 9.17) is 16.3 Å². The summed E-state index contributed by atoms with van der Waals surface area (Å²) in [6, 6.07) is 7.11. The van der Waals surface area contributed by atoms with Gasteiger partial charge in [-0.05, 0) is 30.0 Å². The highest BCUT2D eigenvalue weighted by atomic mass is 35.5. The normalized spacial score (nSPS) is 18.0. The Labute approximate surface area is 150 Å². The number of nitrogens with zero attached hydrogens (tertiary/aromatic N) is 1. The van der Waals surface area contributed by atoms with Crippen LogP contribution in [0.1, 0.15) is 25.8 Å². The first-order valence-electron chi connectivity index (χ1n) is 8.39. The average Bonchev–Trinajstić information content (AvgIpc) is 2.54. The summed E-state index contributed by atoms with van der Waals surface area (Å²) in [7, 11) is -3.37. The Bertz CT molecular complexity index is 599. The van der Waals surface area contributed by atoms with E-state index in [0.717, 1.165) is 25.1 Å². The molecule has 1 N–H and O–H groups in total. The third kappa shape index (κ3) is 6.69. The van der Waals surface area contributed by atoms with Crippen LogP contribution in [0.15, 0.2) is 24.3 Å². The van der Waals surface area contributed by atoms with Crippen molar-refractivity contribution < 1.29 is 13.2 Å². The first kappa shape index (κ1) is 19.7. The Morgan fingerprint density at radius 1 is 1.21 bits per heavy atom. The first-order chi connectivity index (χ1) is 11.4. The summed E-state index contributed by atoms with van der Waals surface area (Å²) >= 11 is 5.84. The van der Waals surface area contributed by atoms with Crippen molar-refractivity contribution in [2.24, 2.45) is 5.92 Å². The predicted octanol–water partition coefficient (Wildman–Crippen LogP) is 2.51. The van der Waals surface area contributed by atoms with E-state index in [1.165, 1.54) is 0 Å². The number of hydrogen-bond acceptors (Lipinski definition) is 4. The van der Waals surface area contributed by atoms with Crippen molar-refractivity contribution in [1.29, 1.82) is 0 Å². The molecule has 0 aliphatic carbocycles. The van der Waals surface area contributed by atoms with E-state index in [9.17, 15) is 8.42 Å². The summed E-state index contributed by atoms with van der Waals surface area (Å²) in [5.41, 5.74) is 0.735. The van der Waals surface area contributed by atoms with Gasteiger partial charge in [0.25, 0.3) is 0 Å². The molecule has 0 bridgehead atoms. The van der Waals surface area contributed by atoms with Crippen LogP contribution in [0.4, 0.5) is 0 Å². The lowest BCUT2D eigenvalue weighted by Crippen LogP contribution is -2.49. The molecule has 24 heavy (non-hydrogen) atoms. The van der Waals surface area contributed by atoms with E-state index in [-0.39, 0.29) is 11.8 Å². The Balaban J connectivity index is 1.94. The van der Waals surface area contributed by atoms with Gasteiger partial charge in [-0.1, -0.05) is 37.6 Å². The topological polar surface area (TPSA) is 58.6 Å². The molecule has 1 aromatic rings. The van der Waals surface area contributed by atoms with Crippen LogP contribution < -0.4 is 4.72 Å². The highest BCUT2D eigenvalue weighted by Gasteiger charge is 2.23. The molecular formula is C17H27ClN2O3S. The molecule has 1 heterocycles. The summed E-state index contributed by atoms with van der Waals surface area (Å²) in [5, 5.41) is 0.605. The van der Waals surface area contributed by atoms with Crippen LogP contribution in [-0.2, 0) is 20.5 Å². The Kier molecular flexibility index (Phi) is 7.50. The number of halogens is 1. The zero-order valence-corrected chi connectivity index (χ0v) is 15.9. The van der Waals surface area contributed by atoms with Crippen molar-refractivity contribution in [2.75, 3.05) is 32.8 Å². The standard InChI is InChI=1S/C17H27ClN2O3S/c1-14(2)11-17(20-7-9-23-10-8-20)12-19-24(21,22)13-15-3-5-16(18)6-4-15/h3-6,14,17,19H,7-13H2,1-2H3. The molecule has 2 rings (SSSR count). The van der Waals surface area contributed by atoms with Crippen molar-refractivity contribution >= 4 is 21.6 Å². The third-order valence-electron chi connectivity index (χ3n) is 4.11. The fraction of sp³-hybridized carbons (Fsp3) is 0.647. The molecule has 0 amide bonds. The van der Waals surface area contributed by atoms with E-state index < -0.39 is 10.0 Å². The highest BCUT2D eigenvalue weighted by Crippen LogP contribution is 2.15. The van der Waals surface area contributed by atoms with Crippen molar-refractivity contribution in [2.45, 2.75) is 32.1 Å². The summed E-state index contributed by atoms with van der Waals surface area (Å²) < 4.78 is 32.9. The van der Waals surface area contributed by atoms with Gasteiger partial charge < -0.3 is 4.74 Å². The molecule has 1 saturated heterocycles. The second-order valence-electron chi connectivity index (χ2n) is 6.67. The van der Waals surface area contributed by atoms with Crippen LogP contribution in [0, 0.1) is 5.92 Å². The van der Waals surface area contributed by atoms with Gasteiger partial charge in [0.15, 0.2) is 0 Å². The van der Waals surface area contributed by atoms with Crippen LogP contribution in [0.5, 0.6) is 0 Å². The lowest BCUT2D eigenvalue weighted by molar-refractivity contribution is 0.0134. The molecule has 0 saturated carbocycles. The van der Waals surface area contributed by atoms with Crippen molar-refractivity contribution in [1.82, 2.24) is 9.62 Å². The summed E-state index contributed by atoms with van der Waals surface area (Å²) in [6.07, 6.45) is 0.962. The van der Waals surface area contributed by atoms with Gasteiger partial charge in [0, 0.05) is 30.7 Å². The lowest BCUT2D eigenvalue weighted by Gasteiger charge is -2.35. The zero-order valence-electron chi connectivity index (χ0n) is 14.4. The van der Waals surface area contributed by atoms with E-state index in [0.29, 0.717) is 30.7 Å². The lowest BCUT2D eigenvalue weighted by atomic mass is 10.0. The minimum atomic E-state index is -3.37.